The third-order valence-electron chi connectivity index (χ3n) is 2.01. The van der Waals surface area contributed by atoms with Gasteiger partial charge in [0, 0.05) is 25.4 Å². The average Bonchev–Trinajstić information content (AvgIpc) is 2.62. The molecule has 0 saturated carbocycles. The van der Waals surface area contributed by atoms with E-state index in [0.29, 0.717) is 0 Å². The van der Waals surface area contributed by atoms with Crippen LogP contribution in [0.4, 0.5) is 0 Å². The number of pyridine rings is 1. The molecule has 0 N–H and O–H groups in total. The van der Waals surface area contributed by atoms with Crippen LogP contribution in [0.25, 0.3) is 11.2 Å². The van der Waals surface area contributed by atoms with Crippen molar-refractivity contribution < 1.29 is 4.79 Å². The second kappa shape index (κ2) is 4.44. The van der Waals surface area contributed by atoms with E-state index in [0.717, 1.165) is 23.5 Å². The first-order chi connectivity index (χ1) is 7.27. The highest BCUT2D eigenvalue weighted by Gasteiger charge is 2.02. The van der Waals surface area contributed by atoms with Gasteiger partial charge in [0.1, 0.15) is 5.52 Å². The van der Waals surface area contributed by atoms with Crippen molar-refractivity contribution in [2.24, 2.45) is 0 Å². The Kier molecular flexibility index (Phi) is 3.01. The summed E-state index contributed by atoms with van der Waals surface area (Å²) >= 11 is 1.32. The van der Waals surface area contributed by atoms with E-state index in [2.05, 4.69) is 9.97 Å². The molecule has 15 heavy (non-hydrogen) atoms. The number of carbonyl (C=O) groups excluding carboxylic acids is 1. The third kappa shape index (κ3) is 2.36. The molecule has 0 aliphatic carbocycles. The first kappa shape index (κ1) is 10.2. The average molecular weight is 221 g/mol. The largest absolute Gasteiger partial charge is 0.314 e. The molecule has 0 fully saturated rings. The quantitative estimate of drug-likeness (QED) is 0.791. The summed E-state index contributed by atoms with van der Waals surface area (Å²) in [7, 11) is 0. The Labute approximate surface area is 91.7 Å². The lowest BCUT2D eigenvalue weighted by Gasteiger charge is -2.00. The summed E-state index contributed by atoms with van der Waals surface area (Å²) < 4.78 is 1.96. The smallest absolute Gasteiger partial charge is 0.185 e. The predicted octanol–water partition coefficient (Wildman–Crippen LogP) is 1.71. The number of rotatable bonds is 3. The Morgan fingerprint density at radius 3 is 3.20 bits per heavy atom. The van der Waals surface area contributed by atoms with Crippen LogP contribution in [0.3, 0.4) is 0 Å². The van der Waals surface area contributed by atoms with Crippen LogP contribution in [0.2, 0.25) is 0 Å². The van der Waals surface area contributed by atoms with Gasteiger partial charge in [0.25, 0.3) is 0 Å². The highest BCUT2D eigenvalue weighted by molar-refractivity contribution is 8.13. The van der Waals surface area contributed by atoms with E-state index in [-0.39, 0.29) is 5.12 Å². The number of aromatic nitrogens is 3. The SMILES string of the molecule is CC(=O)SCCn1cnc2cccnc21. The Morgan fingerprint density at radius 1 is 1.53 bits per heavy atom. The highest BCUT2D eigenvalue weighted by atomic mass is 32.2. The lowest BCUT2D eigenvalue weighted by atomic mass is 10.4. The molecule has 0 aromatic carbocycles. The van der Waals surface area contributed by atoms with Gasteiger partial charge in [-0.3, -0.25) is 4.79 Å². The standard InChI is InChI=1S/C10H11N3OS/c1-8(14)15-6-5-13-7-12-9-3-2-4-11-10(9)13/h2-4,7H,5-6H2,1H3. The topological polar surface area (TPSA) is 47.8 Å². The number of imidazole rings is 1. The molecule has 0 bridgehead atoms. The normalized spacial score (nSPS) is 10.7. The van der Waals surface area contributed by atoms with Crippen molar-refractivity contribution in [2.75, 3.05) is 5.75 Å². The first-order valence-electron chi connectivity index (χ1n) is 4.66. The Bertz CT molecular complexity index is 480. The lowest BCUT2D eigenvalue weighted by molar-refractivity contribution is -0.109. The Hall–Kier alpha value is -1.36. The van der Waals surface area contributed by atoms with Gasteiger partial charge in [-0.25, -0.2) is 9.97 Å². The number of thioether (sulfide) groups is 1. The van der Waals surface area contributed by atoms with Gasteiger partial charge >= 0.3 is 0 Å². The third-order valence-corrected chi connectivity index (χ3v) is 2.81. The summed E-state index contributed by atoms with van der Waals surface area (Å²) in [6.07, 6.45) is 3.51. The number of nitrogens with zero attached hydrogens (tertiary/aromatic N) is 3. The minimum Gasteiger partial charge on any atom is -0.314 e. The zero-order chi connectivity index (χ0) is 10.7. The van der Waals surface area contributed by atoms with Crippen LogP contribution in [0.1, 0.15) is 6.92 Å². The molecule has 2 aromatic heterocycles. The molecule has 0 spiro atoms. The summed E-state index contributed by atoms with van der Waals surface area (Å²) in [4.78, 5) is 19.2. The van der Waals surface area contributed by atoms with Gasteiger partial charge in [-0.15, -0.1) is 0 Å². The van der Waals surface area contributed by atoms with Crippen molar-refractivity contribution in [3.8, 4) is 0 Å². The maximum absolute atomic E-state index is 10.8. The van der Waals surface area contributed by atoms with Gasteiger partial charge in [-0.2, -0.15) is 0 Å². The molecule has 2 aromatic rings. The molecule has 4 nitrogen and oxygen atoms in total. The van der Waals surface area contributed by atoms with Crippen molar-refractivity contribution in [3.63, 3.8) is 0 Å². The fourth-order valence-corrected chi connectivity index (χ4v) is 1.92. The molecule has 0 amide bonds. The zero-order valence-corrected chi connectivity index (χ0v) is 9.20. The van der Waals surface area contributed by atoms with Crippen molar-refractivity contribution in [3.05, 3.63) is 24.7 Å². The summed E-state index contributed by atoms with van der Waals surface area (Å²) in [5, 5.41) is 0.146. The fraction of sp³-hybridized carbons (Fsp3) is 0.300. The maximum Gasteiger partial charge on any atom is 0.185 e. The van der Waals surface area contributed by atoms with E-state index in [4.69, 9.17) is 0 Å². The predicted molar refractivity (Wildman–Crippen MR) is 60.7 cm³/mol. The van der Waals surface area contributed by atoms with Gasteiger partial charge in [0.05, 0.1) is 6.33 Å². The Balaban J connectivity index is 2.11. The van der Waals surface area contributed by atoms with Crippen LogP contribution < -0.4 is 0 Å². The summed E-state index contributed by atoms with van der Waals surface area (Å²) in [5.41, 5.74) is 1.77. The van der Waals surface area contributed by atoms with Crippen molar-refractivity contribution >= 4 is 28.0 Å². The molecule has 0 aliphatic rings. The lowest BCUT2D eigenvalue weighted by Crippen LogP contribution is -2.01. The van der Waals surface area contributed by atoms with E-state index in [1.807, 2.05) is 16.7 Å². The van der Waals surface area contributed by atoms with E-state index in [1.165, 1.54) is 11.8 Å². The molecule has 5 heteroatoms. The molecule has 0 radical (unpaired) electrons. The molecule has 78 valence electrons. The minimum atomic E-state index is 0.146. The number of fused-ring (bicyclic) bond motifs is 1. The van der Waals surface area contributed by atoms with E-state index in [1.54, 1.807) is 19.4 Å². The van der Waals surface area contributed by atoms with Crippen LogP contribution in [0.5, 0.6) is 0 Å². The van der Waals surface area contributed by atoms with Crippen LogP contribution in [-0.4, -0.2) is 25.4 Å². The van der Waals surface area contributed by atoms with Crippen LogP contribution in [0, 0.1) is 0 Å². The van der Waals surface area contributed by atoms with E-state index < -0.39 is 0 Å². The monoisotopic (exact) mass is 221 g/mol. The van der Waals surface area contributed by atoms with Gasteiger partial charge in [0.2, 0.25) is 0 Å². The molecule has 2 heterocycles. The first-order valence-corrected chi connectivity index (χ1v) is 5.65. The van der Waals surface area contributed by atoms with Gasteiger partial charge < -0.3 is 4.57 Å². The van der Waals surface area contributed by atoms with E-state index in [9.17, 15) is 4.79 Å². The molecular formula is C10H11N3OS. The maximum atomic E-state index is 10.8. The molecule has 0 saturated heterocycles. The Morgan fingerprint density at radius 2 is 2.40 bits per heavy atom. The summed E-state index contributed by atoms with van der Waals surface area (Å²) in [5.74, 6) is 0.761. The number of carbonyl (C=O) groups is 1. The van der Waals surface area contributed by atoms with Crippen molar-refractivity contribution in [1.82, 2.24) is 14.5 Å². The van der Waals surface area contributed by atoms with E-state index >= 15 is 0 Å². The van der Waals surface area contributed by atoms with Crippen LogP contribution in [-0.2, 0) is 11.3 Å². The van der Waals surface area contributed by atoms with Crippen molar-refractivity contribution in [1.29, 1.82) is 0 Å². The summed E-state index contributed by atoms with van der Waals surface area (Å²) in [6.45, 7) is 2.34. The number of aryl methyl sites for hydroxylation is 1. The minimum absolute atomic E-state index is 0.146. The molecular weight excluding hydrogens is 210 g/mol. The van der Waals surface area contributed by atoms with Crippen LogP contribution >= 0.6 is 11.8 Å². The number of hydrogen-bond acceptors (Lipinski definition) is 4. The van der Waals surface area contributed by atoms with Gasteiger partial charge in [0.15, 0.2) is 10.8 Å². The second-order valence-electron chi connectivity index (χ2n) is 3.12. The molecule has 2 rings (SSSR count). The van der Waals surface area contributed by atoms with Crippen LogP contribution in [0.15, 0.2) is 24.7 Å². The molecule has 0 atom stereocenters. The molecule has 0 unspecified atom stereocenters. The second-order valence-corrected chi connectivity index (χ2v) is 4.40. The van der Waals surface area contributed by atoms with Crippen molar-refractivity contribution in [2.45, 2.75) is 13.5 Å². The van der Waals surface area contributed by atoms with Gasteiger partial charge in [-0.05, 0) is 12.1 Å². The highest BCUT2D eigenvalue weighted by Crippen LogP contribution is 2.10. The summed E-state index contributed by atoms with van der Waals surface area (Å²) in [6, 6.07) is 3.79. The number of hydrogen-bond donors (Lipinski definition) is 0. The fourth-order valence-electron chi connectivity index (χ4n) is 1.35. The zero-order valence-electron chi connectivity index (χ0n) is 8.38. The molecule has 0 aliphatic heterocycles. The van der Waals surface area contributed by atoms with Gasteiger partial charge in [-0.1, -0.05) is 11.8 Å².